The molecule has 0 heterocycles. The second-order valence-electron chi connectivity index (χ2n) is 4.88. The summed E-state index contributed by atoms with van der Waals surface area (Å²) >= 11 is 0. The Balaban J connectivity index is 2.90. The van der Waals surface area contributed by atoms with Crippen molar-refractivity contribution < 1.29 is 9.53 Å². The SMILES string of the molecule is CCOc1cccc(C(=O)NC(C)(C#N)C(C)C)c1. The van der Waals surface area contributed by atoms with Crippen LogP contribution in [0.2, 0.25) is 0 Å². The monoisotopic (exact) mass is 260 g/mol. The first-order valence-corrected chi connectivity index (χ1v) is 6.39. The van der Waals surface area contributed by atoms with Gasteiger partial charge in [-0.3, -0.25) is 4.79 Å². The highest BCUT2D eigenvalue weighted by Gasteiger charge is 2.30. The number of nitrogens with one attached hydrogen (secondary N) is 1. The van der Waals surface area contributed by atoms with Crippen LogP contribution < -0.4 is 10.1 Å². The van der Waals surface area contributed by atoms with E-state index in [1.807, 2.05) is 20.8 Å². The number of amides is 1. The molecule has 1 rings (SSSR count). The summed E-state index contributed by atoms with van der Waals surface area (Å²) in [5, 5.41) is 12.0. The Labute approximate surface area is 114 Å². The molecule has 0 aliphatic heterocycles. The predicted molar refractivity (Wildman–Crippen MR) is 73.9 cm³/mol. The van der Waals surface area contributed by atoms with Gasteiger partial charge in [-0.05, 0) is 38.0 Å². The maximum Gasteiger partial charge on any atom is 0.252 e. The van der Waals surface area contributed by atoms with Crippen LogP contribution in [-0.2, 0) is 0 Å². The highest BCUT2D eigenvalue weighted by atomic mass is 16.5. The zero-order valence-corrected chi connectivity index (χ0v) is 11.9. The lowest BCUT2D eigenvalue weighted by molar-refractivity contribution is 0.0907. The number of carbonyl (C=O) groups excluding carboxylic acids is 1. The average Bonchev–Trinajstić information content (AvgIpc) is 2.39. The molecule has 4 heteroatoms. The summed E-state index contributed by atoms with van der Waals surface area (Å²) in [7, 11) is 0. The van der Waals surface area contributed by atoms with E-state index in [0.29, 0.717) is 17.9 Å². The minimum absolute atomic E-state index is 0.0246. The van der Waals surface area contributed by atoms with Crippen LogP contribution in [0.4, 0.5) is 0 Å². The molecule has 102 valence electrons. The van der Waals surface area contributed by atoms with Crippen molar-refractivity contribution in [1.29, 1.82) is 5.26 Å². The molecule has 0 aliphatic carbocycles. The predicted octanol–water partition coefficient (Wildman–Crippen LogP) is 2.75. The molecule has 1 unspecified atom stereocenters. The van der Waals surface area contributed by atoms with Crippen LogP contribution in [0.15, 0.2) is 24.3 Å². The van der Waals surface area contributed by atoms with Crippen LogP contribution in [0.5, 0.6) is 5.75 Å². The normalized spacial score (nSPS) is 13.5. The third-order valence-corrected chi connectivity index (χ3v) is 3.17. The lowest BCUT2D eigenvalue weighted by atomic mass is 9.90. The fourth-order valence-electron chi connectivity index (χ4n) is 1.50. The molecule has 1 aromatic carbocycles. The molecule has 19 heavy (non-hydrogen) atoms. The quantitative estimate of drug-likeness (QED) is 0.885. The third-order valence-electron chi connectivity index (χ3n) is 3.17. The van der Waals surface area contributed by atoms with Crippen LogP contribution in [0.3, 0.4) is 0 Å². The summed E-state index contributed by atoms with van der Waals surface area (Å²) in [6.45, 7) is 7.97. The summed E-state index contributed by atoms with van der Waals surface area (Å²) < 4.78 is 5.36. The first-order valence-electron chi connectivity index (χ1n) is 6.39. The first kappa shape index (κ1) is 15.0. The van der Waals surface area contributed by atoms with Crippen LogP contribution >= 0.6 is 0 Å². The van der Waals surface area contributed by atoms with Gasteiger partial charge in [0.15, 0.2) is 0 Å². The zero-order valence-electron chi connectivity index (χ0n) is 11.9. The van der Waals surface area contributed by atoms with E-state index < -0.39 is 5.54 Å². The highest BCUT2D eigenvalue weighted by molar-refractivity contribution is 5.95. The van der Waals surface area contributed by atoms with Gasteiger partial charge in [0.1, 0.15) is 11.3 Å². The zero-order chi connectivity index (χ0) is 14.5. The van der Waals surface area contributed by atoms with Crippen molar-refractivity contribution in [2.45, 2.75) is 33.2 Å². The van der Waals surface area contributed by atoms with Crippen molar-refractivity contribution in [3.05, 3.63) is 29.8 Å². The van der Waals surface area contributed by atoms with Gasteiger partial charge in [0, 0.05) is 5.56 Å². The summed E-state index contributed by atoms with van der Waals surface area (Å²) in [5.41, 5.74) is -0.383. The third kappa shape index (κ3) is 3.72. The second-order valence-corrected chi connectivity index (χ2v) is 4.88. The van der Waals surface area contributed by atoms with E-state index in [-0.39, 0.29) is 11.8 Å². The van der Waals surface area contributed by atoms with E-state index in [4.69, 9.17) is 4.74 Å². The largest absolute Gasteiger partial charge is 0.494 e. The van der Waals surface area contributed by atoms with Gasteiger partial charge in [0.05, 0.1) is 12.7 Å². The van der Waals surface area contributed by atoms with Crippen molar-refractivity contribution in [2.75, 3.05) is 6.61 Å². The molecule has 0 radical (unpaired) electrons. The fraction of sp³-hybridized carbons (Fsp3) is 0.467. The summed E-state index contributed by atoms with van der Waals surface area (Å²) in [5.74, 6) is 0.411. The van der Waals surface area contributed by atoms with Crippen LogP contribution in [-0.4, -0.2) is 18.1 Å². The summed E-state index contributed by atoms with van der Waals surface area (Å²) in [6, 6.07) is 9.10. The van der Waals surface area contributed by atoms with Gasteiger partial charge >= 0.3 is 0 Å². The van der Waals surface area contributed by atoms with Crippen LogP contribution in [0.25, 0.3) is 0 Å². The van der Waals surface area contributed by atoms with Crippen LogP contribution in [0.1, 0.15) is 38.1 Å². The van der Waals surface area contributed by atoms with E-state index in [1.165, 1.54) is 0 Å². The number of ether oxygens (including phenoxy) is 1. The highest BCUT2D eigenvalue weighted by Crippen LogP contribution is 2.18. The molecular formula is C15H20N2O2. The van der Waals surface area contributed by atoms with Gasteiger partial charge in [-0.25, -0.2) is 0 Å². The van der Waals surface area contributed by atoms with Gasteiger partial charge in [0.25, 0.3) is 5.91 Å². The Kier molecular flexibility index (Phi) is 4.94. The number of carbonyl (C=O) groups is 1. The maximum absolute atomic E-state index is 12.2. The number of nitrogens with zero attached hydrogens (tertiary/aromatic N) is 1. The van der Waals surface area contributed by atoms with Gasteiger partial charge in [-0.2, -0.15) is 5.26 Å². The summed E-state index contributed by atoms with van der Waals surface area (Å²) in [4.78, 5) is 12.2. The van der Waals surface area contributed by atoms with Gasteiger partial charge < -0.3 is 10.1 Å². The molecule has 0 fully saturated rings. The number of rotatable bonds is 5. The Morgan fingerprint density at radius 2 is 2.21 bits per heavy atom. The molecule has 1 N–H and O–H groups in total. The molecule has 0 spiro atoms. The lowest BCUT2D eigenvalue weighted by Gasteiger charge is -2.27. The standard InChI is InChI=1S/C15H20N2O2/c1-5-19-13-8-6-7-12(9-13)14(18)17-15(4,10-16)11(2)3/h6-9,11H,5H2,1-4H3,(H,17,18). The van der Waals surface area contributed by atoms with Crippen LogP contribution in [0, 0.1) is 17.2 Å². The Bertz CT molecular complexity index is 491. The second kappa shape index (κ2) is 6.24. The number of hydrogen-bond acceptors (Lipinski definition) is 3. The number of nitriles is 1. The number of benzene rings is 1. The maximum atomic E-state index is 12.2. The molecule has 4 nitrogen and oxygen atoms in total. The van der Waals surface area contributed by atoms with Crippen molar-refractivity contribution in [1.82, 2.24) is 5.32 Å². The van der Waals surface area contributed by atoms with Gasteiger partial charge in [-0.15, -0.1) is 0 Å². The van der Waals surface area contributed by atoms with E-state index in [1.54, 1.807) is 31.2 Å². The Hall–Kier alpha value is -2.02. The molecule has 0 bridgehead atoms. The lowest BCUT2D eigenvalue weighted by Crippen LogP contribution is -2.48. The smallest absolute Gasteiger partial charge is 0.252 e. The molecular weight excluding hydrogens is 240 g/mol. The van der Waals surface area contributed by atoms with Crippen molar-refractivity contribution >= 4 is 5.91 Å². The van der Waals surface area contributed by atoms with E-state index >= 15 is 0 Å². The van der Waals surface area contributed by atoms with Gasteiger partial charge in [-0.1, -0.05) is 19.9 Å². The Morgan fingerprint density at radius 1 is 1.53 bits per heavy atom. The van der Waals surface area contributed by atoms with Gasteiger partial charge in [0.2, 0.25) is 0 Å². The van der Waals surface area contributed by atoms with E-state index in [9.17, 15) is 10.1 Å². The van der Waals surface area contributed by atoms with Crippen molar-refractivity contribution in [2.24, 2.45) is 5.92 Å². The molecule has 0 aromatic heterocycles. The molecule has 0 saturated heterocycles. The molecule has 1 atom stereocenters. The Morgan fingerprint density at radius 3 is 2.74 bits per heavy atom. The minimum atomic E-state index is -0.876. The fourth-order valence-corrected chi connectivity index (χ4v) is 1.50. The van der Waals surface area contributed by atoms with Crippen molar-refractivity contribution in [3.63, 3.8) is 0 Å². The topological polar surface area (TPSA) is 62.1 Å². The first-order chi connectivity index (χ1) is 8.92. The molecule has 1 amide bonds. The summed E-state index contributed by atoms with van der Waals surface area (Å²) in [6.07, 6.45) is 0. The molecule has 0 saturated carbocycles. The minimum Gasteiger partial charge on any atom is -0.494 e. The molecule has 1 aromatic rings. The van der Waals surface area contributed by atoms with E-state index in [0.717, 1.165) is 0 Å². The number of hydrogen-bond donors (Lipinski definition) is 1. The average molecular weight is 260 g/mol. The van der Waals surface area contributed by atoms with Crippen molar-refractivity contribution in [3.8, 4) is 11.8 Å². The van der Waals surface area contributed by atoms with E-state index in [2.05, 4.69) is 11.4 Å². The molecule has 0 aliphatic rings.